The monoisotopic (exact) mass is 273 g/mol. The minimum atomic E-state index is -1.59. The number of rotatable bonds is 6. The Bertz CT molecular complexity index is 421. The van der Waals surface area contributed by atoms with Gasteiger partial charge in [0.25, 0.3) is 0 Å². The van der Waals surface area contributed by atoms with Gasteiger partial charge in [-0.15, -0.1) is 11.3 Å². The molecule has 100 valence electrons. The van der Waals surface area contributed by atoms with Crippen molar-refractivity contribution in [3.05, 3.63) is 16.1 Å². The van der Waals surface area contributed by atoms with Crippen molar-refractivity contribution in [2.75, 3.05) is 13.1 Å². The molecule has 1 rings (SSSR count). The molecule has 0 aliphatic rings. The van der Waals surface area contributed by atoms with E-state index in [2.05, 4.69) is 15.6 Å². The first-order chi connectivity index (χ1) is 8.49. The van der Waals surface area contributed by atoms with Crippen molar-refractivity contribution >= 4 is 23.3 Å². The molecule has 1 heterocycles. The van der Waals surface area contributed by atoms with Crippen molar-refractivity contribution in [1.82, 2.24) is 15.6 Å². The molecule has 2 amide bonds. The Hall–Kier alpha value is -1.67. The maximum absolute atomic E-state index is 11.2. The van der Waals surface area contributed by atoms with E-state index in [1.54, 1.807) is 0 Å². The predicted octanol–water partition coefficient (Wildman–Crippen LogP) is -0.261. The van der Waals surface area contributed by atoms with Crippen LogP contribution >= 0.6 is 11.3 Å². The summed E-state index contributed by atoms with van der Waals surface area (Å²) >= 11 is 1.52. The number of aliphatic hydroxyl groups is 1. The summed E-state index contributed by atoms with van der Waals surface area (Å²) in [6.07, 6.45) is -0.967. The summed E-state index contributed by atoms with van der Waals surface area (Å²) in [6, 6.07) is -0.511. The van der Waals surface area contributed by atoms with Crippen LogP contribution < -0.4 is 10.6 Å². The first-order valence-electron chi connectivity index (χ1n) is 5.32. The van der Waals surface area contributed by atoms with Gasteiger partial charge in [-0.3, -0.25) is 0 Å². The molecular weight excluding hydrogens is 258 g/mol. The number of carbonyl (C=O) groups is 2. The Labute approximate surface area is 108 Å². The van der Waals surface area contributed by atoms with Crippen LogP contribution in [-0.4, -0.2) is 46.4 Å². The van der Waals surface area contributed by atoms with Gasteiger partial charge >= 0.3 is 12.0 Å². The third-order valence-electron chi connectivity index (χ3n) is 2.03. The number of nitrogens with one attached hydrogen (secondary N) is 2. The van der Waals surface area contributed by atoms with Gasteiger partial charge in [0.1, 0.15) is 0 Å². The number of carbonyl (C=O) groups excluding carboxylic acids is 1. The second-order valence-corrected chi connectivity index (χ2v) is 4.57. The highest BCUT2D eigenvalue weighted by atomic mass is 32.1. The number of nitrogens with zero attached hydrogens (tertiary/aromatic N) is 1. The van der Waals surface area contributed by atoms with E-state index in [-0.39, 0.29) is 6.54 Å². The smallest absolute Gasteiger partial charge is 0.334 e. The predicted molar refractivity (Wildman–Crippen MR) is 65.6 cm³/mol. The van der Waals surface area contributed by atoms with Crippen LogP contribution in [0.2, 0.25) is 0 Å². The van der Waals surface area contributed by atoms with Crippen molar-refractivity contribution in [3.8, 4) is 0 Å². The van der Waals surface area contributed by atoms with Crippen molar-refractivity contribution in [2.24, 2.45) is 0 Å². The molecule has 1 aromatic heterocycles. The van der Waals surface area contributed by atoms with Crippen molar-refractivity contribution in [3.63, 3.8) is 0 Å². The largest absolute Gasteiger partial charge is 0.479 e. The van der Waals surface area contributed by atoms with Gasteiger partial charge in [-0.1, -0.05) is 0 Å². The second kappa shape index (κ2) is 6.92. The van der Waals surface area contributed by atoms with E-state index < -0.39 is 18.1 Å². The molecule has 0 saturated heterocycles. The van der Waals surface area contributed by atoms with E-state index >= 15 is 0 Å². The summed E-state index contributed by atoms with van der Waals surface area (Å²) in [6.45, 7) is 1.98. The van der Waals surface area contributed by atoms with Crippen LogP contribution in [0.1, 0.15) is 10.7 Å². The zero-order valence-electron chi connectivity index (χ0n) is 9.84. The first kappa shape index (κ1) is 14.4. The SMILES string of the molecule is Cc1csc(CCNC(=O)NCC(O)C(=O)O)n1. The van der Waals surface area contributed by atoms with Crippen LogP contribution in [0.5, 0.6) is 0 Å². The van der Waals surface area contributed by atoms with Gasteiger partial charge in [-0.05, 0) is 6.92 Å². The van der Waals surface area contributed by atoms with E-state index in [0.717, 1.165) is 10.7 Å². The number of hydrogen-bond acceptors (Lipinski definition) is 5. The van der Waals surface area contributed by atoms with E-state index in [1.807, 2.05) is 12.3 Å². The zero-order valence-corrected chi connectivity index (χ0v) is 10.7. The first-order valence-corrected chi connectivity index (χ1v) is 6.20. The number of amides is 2. The Morgan fingerprint density at radius 3 is 2.78 bits per heavy atom. The quantitative estimate of drug-likeness (QED) is 0.570. The number of aryl methyl sites for hydroxylation is 1. The molecule has 7 nitrogen and oxygen atoms in total. The van der Waals surface area contributed by atoms with Crippen molar-refractivity contribution < 1.29 is 19.8 Å². The molecule has 0 aromatic carbocycles. The Kier molecular flexibility index (Phi) is 5.53. The van der Waals surface area contributed by atoms with Crippen LogP contribution in [0.15, 0.2) is 5.38 Å². The summed E-state index contributed by atoms with van der Waals surface area (Å²) in [5.74, 6) is -1.37. The minimum Gasteiger partial charge on any atom is -0.479 e. The van der Waals surface area contributed by atoms with Gasteiger partial charge in [-0.2, -0.15) is 0 Å². The molecule has 0 saturated carbocycles. The van der Waals surface area contributed by atoms with Gasteiger partial charge < -0.3 is 20.8 Å². The Morgan fingerprint density at radius 1 is 1.50 bits per heavy atom. The lowest BCUT2D eigenvalue weighted by atomic mass is 10.3. The minimum absolute atomic E-state index is 0.322. The molecule has 1 atom stereocenters. The summed E-state index contributed by atoms with van der Waals surface area (Å²) in [5, 5.41) is 25.0. The highest BCUT2D eigenvalue weighted by Crippen LogP contribution is 2.08. The van der Waals surface area contributed by atoms with Gasteiger partial charge in [-0.25, -0.2) is 14.6 Å². The average Bonchev–Trinajstić information content (AvgIpc) is 2.71. The average molecular weight is 273 g/mol. The molecule has 0 fully saturated rings. The van der Waals surface area contributed by atoms with Gasteiger partial charge in [0, 0.05) is 24.0 Å². The van der Waals surface area contributed by atoms with E-state index in [1.165, 1.54) is 11.3 Å². The molecule has 8 heteroatoms. The van der Waals surface area contributed by atoms with Crippen molar-refractivity contribution in [1.29, 1.82) is 0 Å². The molecule has 0 spiro atoms. The van der Waals surface area contributed by atoms with Crippen LogP contribution in [0.4, 0.5) is 4.79 Å². The fraction of sp³-hybridized carbons (Fsp3) is 0.500. The molecule has 0 bridgehead atoms. The number of thiazole rings is 1. The van der Waals surface area contributed by atoms with Crippen LogP contribution in [0.3, 0.4) is 0 Å². The summed E-state index contributed by atoms with van der Waals surface area (Å²) in [7, 11) is 0. The van der Waals surface area contributed by atoms with Crippen molar-refractivity contribution in [2.45, 2.75) is 19.4 Å². The lowest BCUT2D eigenvalue weighted by molar-refractivity contribution is -0.146. The van der Waals surface area contributed by atoms with E-state index in [9.17, 15) is 9.59 Å². The molecule has 0 aliphatic heterocycles. The third-order valence-corrected chi connectivity index (χ3v) is 3.06. The second-order valence-electron chi connectivity index (χ2n) is 3.62. The van der Waals surface area contributed by atoms with Crippen LogP contribution in [0.25, 0.3) is 0 Å². The molecule has 1 aromatic rings. The Balaban J connectivity index is 2.15. The maximum Gasteiger partial charge on any atom is 0.334 e. The molecule has 0 radical (unpaired) electrons. The number of urea groups is 1. The van der Waals surface area contributed by atoms with Crippen LogP contribution in [-0.2, 0) is 11.2 Å². The van der Waals surface area contributed by atoms with Gasteiger partial charge in [0.15, 0.2) is 6.10 Å². The molecular formula is C10H15N3O4S. The zero-order chi connectivity index (χ0) is 13.5. The molecule has 1 unspecified atom stereocenters. The van der Waals surface area contributed by atoms with Crippen LogP contribution in [0, 0.1) is 6.92 Å². The number of carboxylic acid groups (broad SMARTS) is 1. The Morgan fingerprint density at radius 2 is 2.22 bits per heavy atom. The third kappa shape index (κ3) is 5.11. The highest BCUT2D eigenvalue weighted by molar-refractivity contribution is 7.09. The molecule has 18 heavy (non-hydrogen) atoms. The van der Waals surface area contributed by atoms with Gasteiger partial charge in [0.2, 0.25) is 0 Å². The fourth-order valence-corrected chi connectivity index (χ4v) is 1.92. The standard InChI is InChI=1S/C10H15N3O4S/c1-6-5-18-8(13-6)2-3-11-10(17)12-4-7(14)9(15)16/h5,7,14H,2-4H2,1H3,(H,15,16)(H2,11,12,17). The van der Waals surface area contributed by atoms with Gasteiger partial charge in [0.05, 0.1) is 11.6 Å². The number of carboxylic acids is 1. The lowest BCUT2D eigenvalue weighted by Crippen LogP contribution is -2.42. The topological polar surface area (TPSA) is 112 Å². The number of aliphatic hydroxyl groups excluding tert-OH is 1. The lowest BCUT2D eigenvalue weighted by Gasteiger charge is -2.08. The molecule has 0 aliphatic carbocycles. The normalized spacial score (nSPS) is 11.9. The number of aromatic nitrogens is 1. The molecule has 4 N–H and O–H groups in total. The summed E-state index contributed by atoms with van der Waals surface area (Å²) < 4.78 is 0. The van der Waals surface area contributed by atoms with E-state index in [0.29, 0.717) is 13.0 Å². The summed E-state index contributed by atoms with van der Waals surface area (Å²) in [5.41, 5.74) is 0.948. The fourth-order valence-electron chi connectivity index (χ4n) is 1.14. The number of aliphatic carboxylic acids is 1. The van der Waals surface area contributed by atoms with E-state index in [4.69, 9.17) is 10.2 Å². The highest BCUT2D eigenvalue weighted by Gasteiger charge is 2.13. The summed E-state index contributed by atoms with van der Waals surface area (Å²) in [4.78, 5) is 25.7. The number of hydrogen-bond donors (Lipinski definition) is 4. The maximum atomic E-state index is 11.2.